The number of benzene rings is 1. The van der Waals surface area contributed by atoms with Crippen LogP contribution in [-0.4, -0.2) is 28.6 Å². The molecule has 3 heteroatoms. The molecule has 3 nitrogen and oxygen atoms in total. The van der Waals surface area contributed by atoms with Crippen LogP contribution in [0.25, 0.3) is 0 Å². The van der Waals surface area contributed by atoms with E-state index < -0.39 is 5.97 Å². The van der Waals surface area contributed by atoms with Gasteiger partial charge in [0.1, 0.15) is 0 Å². The zero-order chi connectivity index (χ0) is 13.7. The minimum absolute atomic E-state index is 0.367. The fraction of sp³-hybridized carbons (Fsp3) is 0.562. The van der Waals surface area contributed by atoms with Gasteiger partial charge in [0, 0.05) is 12.6 Å². The van der Waals surface area contributed by atoms with Crippen molar-refractivity contribution in [2.45, 2.75) is 51.6 Å². The van der Waals surface area contributed by atoms with Crippen molar-refractivity contribution in [2.24, 2.45) is 0 Å². The highest BCUT2D eigenvalue weighted by molar-refractivity contribution is 5.87. The lowest BCUT2D eigenvalue weighted by Crippen LogP contribution is -2.33. The van der Waals surface area contributed by atoms with E-state index in [0.29, 0.717) is 11.6 Å². The highest BCUT2D eigenvalue weighted by atomic mass is 16.4. The third-order valence-electron chi connectivity index (χ3n) is 4.06. The fourth-order valence-electron chi connectivity index (χ4n) is 2.89. The van der Waals surface area contributed by atoms with E-state index >= 15 is 0 Å². The Bertz CT molecular complexity index is 413. The number of carbonyl (C=O) groups is 1. The van der Waals surface area contributed by atoms with Crippen LogP contribution in [0.15, 0.2) is 24.3 Å². The Kier molecular flexibility index (Phi) is 4.97. The summed E-state index contributed by atoms with van der Waals surface area (Å²) in [5, 5.41) is 8.90. The molecule has 104 valence electrons. The zero-order valence-electron chi connectivity index (χ0n) is 11.6. The first kappa shape index (κ1) is 14.1. The van der Waals surface area contributed by atoms with Crippen molar-refractivity contribution in [3.63, 3.8) is 0 Å². The highest BCUT2D eigenvalue weighted by Crippen LogP contribution is 2.21. The van der Waals surface area contributed by atoms with Gasteiger partial charge in [0.05, 0.1) is 5.56 Å². The van der Waals surface area contributed by atoms with E-state index in [-0.39, 0.29) is 0 Å². The van der Waals surface area contributed by atoms with E-state index in [4.69, 9.17) is 5.11 Å². The zero-order valence-corrected chi connectivity index (χ0v) is 11.6. The summed E-state index contributed by atoms with van der Waals surface area (Å²) in [7, 11) is 0. The van der Waals surface area contributed by atoms with Gasteiger partial charge in [0.2, 0.25) is 0 Å². The second kappa shape index (κ2) is 6.71. The van der Waals surface area contributed by atoms with Gasteiger partial charge < -0.3 is 5.11 Å². The topological polar surface area (TPSA) is 40.5 Å². The number of rotatable bonds is 4. The molecule has 0 bridgehead atoms. The standard InChI is InChI=1S/C16H23NO2/c1-2-15-6-4-3-5-11-17(15)12-13-7-9-14(10-8-13)16(18)19/h7-10,15H,2-6,11-12H2,1H3,(H,18,19). The van der Waals surface area contributed by atoms with Gasteiger partial charge in [-0.05, 0) is 43.5 Å². The Hall–Kier alpha value is -1.35. The molecule has 0 aliphatic carbocycles. The van der Waals surface area contributed by atoms with Crippen molar-refractivity contribution in [2.75, 3.05) is 6.54 Å². The molecular weight excluding hydrogens is 238 g/mol. The minimum Gasteiger partial charge on any atom is -0.478 e. The number of hydrogen-bond acceptors (Lipinski definition) is 2. The fourth-order valence-corrected chi connectivity index (χ4v) is 2.89. The van der Waals surface area contributed by atoms with Crippen LogP contribution in [0.4, 0.5) is 0 Å². The van der Waals surface area contributed by atoms with Crippen LogP contribution in [0, 0.1) is 0 Å². The molecule has 0 amide bonds. The quantitative estimate of drug-likeness (QED) is 0.901. The lowest BCUT2D eigenvalue weighted by molar-refractivity contribution is 0.0697. The van der Waals surface area contributed by atoms with Gasteiger partial charge in [-0.25, -0.2) is 4.79 Å². The molecule has 0 spiro atoms. The van der Waals surface area contributed by atoms with Gasteiger partial charge in [-0.1, -0.05) is 31.9 Å². The van der Waals surface area contributed by atoms with Crippen LogP contribution in [0.1, 0.15) is 54.9 Å². The Labute approximate surface area is 115 Å². The van der Waals surface area contributed by atoms with E-state index in [1.165, 1.54) is 44.2 Å². The van der Waals surface area contributed by atoms with Gasteiger partial charge in [-0.15, -0.1) is 0 Å². The van der Waals surface area contributed by atoms with E-state index in [9.17, 15) is 4.79 Å². The first-order chi connectivity index (χ1) is 9.20. The van der Waals surface area contributed by atoms with E-state index in [2.05, 4.69) is 11.8 Å². The SMILES string of the molecule is CCC1CCCCCN1Cc1ccc(C(=O)O)cc1. The van der Waals surface area contributed by atoms with Crippen LogP contribution >= 0.6 is 0 Å². The van der Waals surface area contributed by atoms with E-state index in [1.807, 2.05) is 12.1 Å². The van der Waals surface area contributed by atoms with Crippen molar-refractivity contribution < 1.29 is 9.90 Å². The Morgan fingerprint density at radius 3 is 2.63 bits per heavy atom. The van der Waals surface area contributed by atoms with Gasteiger partial charge in [0.25, 0.3) is 0 Å². The average Bonchev–Trinajstić information content (AvgIpc) is 2.64. The molecule has 1 aliphatic rings. The van der Waals surface area contributed by atoms with Crippen molar-refractivity contribution >= 4 is 5.97 Å². The van der Waals surface area contributed by atoms with Gasteiger partial charge in [-0.2, -0.15) is 0 Å². The molecule has 0 radical (unpaired) electrons. The Morgan fingerprint density at radius 2 is 2.00 bits per heavy atom. The summed E-state index contributed by atoms with van der Waals surface area (Å²) in [5.74, 6) is -0.854. The van der Waals surface area contributed by atoms with Crippen LogP contribution in [0.5, 0.6) is 0 Å². The van der Waals surface area contributed by atoms with Crippen LogP contribution in [0.3, 0.4) is 0 Å². The van der Waals surface area contributed by atoms with Crippen LogP contribution in [0.2, 0.25) is 0 Å². The normalized spacial score (nSPS) is 21.0. The van der Waals surface area contributed by atoms with Crippen molar-refractivity contribution in [1.29, 1.82) is 0 Å². The third kappa shape index (κ3) is 3.80. The summed E-state index contributed by atoms with van der Waals surface area (Å²) in [6.07, 6.45) is 6.46. The molecule has 1 saturated heterocycles. The number of carboxylic acid groups (broad SMARTS) is 1. The predicted molar refractivity (Wildman–Crippen MR) is 76.4 cm³/mol. The summed E-state index contributed by atoms with van der Waals surface area (Å²) < 4.78 is 0. The third-order valence-corrected chi connectivity index (χ3v) is 4.06. The maximum absolute atomic E-state index is 10.8. The van der Waals surface area contributed by atoms with Gasteiger partial charge in [-0.3, -0.25) is 4.90 Å². The molecule has 19 heavy (non-hydrogen) atoms. The molecule has 1 aliphatic heterocycles. The molecule has 1 aromatic carbocycles. The lowest BCUT2D eigenvalue weighted by atomic mass is 10.1. The summed E-state index contributed by atoms with van der Waals surface area (Å²) in [4.78, 5) is 13.4. The molecule has 1 N–H and O–H groups in total. The van der Waals surface area contributed by atoms with Gasteiger partial charge >= 0.3 is 5.97 Å². The van der Waals surface area contributed by atoms with Crippen LogP contribution < -0.4 is 0 Å². The molecular formula is C16H23NO2. The van der Waals surface area contributed by atoms with Crippen molar-refractivity contribution in [3.8, 4) is 0 Å². The molecule has 1 heterocycles. The first-order valence-electron chi connectivity index (χ1n) is 7.27. The van der Waals surface area contributed by atoms with E-state index in [0.717, 1.165) is 6.54 Å². The predicted octanol–water partition coefficient (Wildman–Crippen LogP) is 3.54. The van der Waals surface area contributed by atoms with Crippen molar-refractivity contribution in [3.05, 3.63) is 35.4 Å². The molecule has 0 aromatic heterocycles. The largest absolute Gasteiger partial charge is 0.478 e. The smallest absolute Gasteiger partial charge is 0.335 e. The van der Waals surface area contributed by atoms with E-state index in [1.54, 1.807) is 12.1 Å². The summed E-state index contributed by atoms with van der Waals surface area (Å²) in [5.41, 5.74) is 1.58. The van der Waals surface area contributed by atoms with Crippen LogP contribution in [-0.2, 0) is 6.54 Å². The number of carboxylic acids is 1. The maximum atomic E-state index is 10.8. The second-order valence-corrected chi connectivity index (χ2v) is 5.38. The summed E-state index contributed by atoms with van der Waals surface area (Å²) in [6, 6.07) is 7.98. The van der Waals surface area contributed by atoms with Gasteiger partial charge in [0.15, 0.2) is 0 Å². The molecule has 1 aromatic rings. The Balaban J connectivity index is 2.03. The highest BCUT2D eigenvalue weighted by Gasteiger charge is 2.19. The minimum atomic E-state index is -0.854. The number of aromatic carboxylic acids is 1. The second-order valence-electron chi connectivity index (χ2n) is 5.38. The molecule has 1 unspecified atom stereocenters. The number of likely N-dealkylation sites (tertiary alicyclic amines) is 1. The monoisotopic (exact) mass is 261 g/mol. The Morgan fingerprint density at radius 1 is 1.26 bits per heavy atom. The van der Waals surface area contributed by atoms with Crippen molar-refractivity contribution in [1.82, 2.24) is 4.90 Å². The summed E-state index contributed by atoms with van der Waals surface area (Å²) in [6.45, 7) is 4.37. The number of hydrogen-bond donors (Lipinski definition) is 1. The first-order valence-corrected chi connectivity index (χ1v) is 7.27. The molecule has 1 fully saturated rings. The number of nitrogens with zero attached hydrogens (tertiary/aromatic N) is 1. The molecule has 0 saturated carbocycles. The maximum Gasteiger partial charge on any atom is 0.335 e. The molecule has 1 atom stereocenters. The lowest BCUT2D eigenvalue weighted by Gasteiger charge is -2.29. The molecule has 2 rings (SSSR count). The average molecular weight is 261 g/mol. The summed E-state index contributed by atoms with van der Waals surface area (Å²) >= 11 is 0.